The number of benzene rings is 1. The summed E-state index contributed by atoms with van der Waals surface area (Å²) in [6, 6.07) is 13.7. The maximum atomic E-state index is 5.22. The van der Waals surface area contributed by atoms with Crippen molar-refractivity contribution < 1.29 is 4.74 Å². The number of hydrogen-bond donors (Lipinski definition) is 2. The maximum absolute atomic E-state index is 5.22. The number of aromatic nitrogens is 6. The smallest absolute Gasteiger partial charge is 0.192 e. The van der Waals surface area contributed by atoms with Crippen LogP contribution in [0.25, 0.3) is 5.65 Å². The SMILES string of the molecule is COc1ccc(CN=C(NCc2nnc(C)n2C)NCc2nnc3ccccn23)cc1. The third kappa shape index (κ3) is 4.80. The average Bonchev–Trinajstić information content (AvgIpc) is 3.37. The van der Waals surface area contributed by atoms with E-state index in [1.54, 1.807) is 7.11 Å². The number of rotatable bonds is 7. The summed E-state index contributed by atoms with van der Waals surface area (Å²) >= 11 is 0. The highest BCUT2D eigenvalue weighted by Gasteiger charge is 2.09. The number of fused-ring (bicyclic) bond motifs is 1. The van der Waals surface area contributed by atoms with Crippen molar-refractivity contribution in [2.24, 2.45) is 12.0 Å². The molecule has 0 bridgehead atoms. The molecule has 0 fully saturated rings. The molecule has 4 aromatic rings. The summed E-state index contributed by atoms with van der Waals surface area (Å²) in [5.74, 6) is 3.94. The fourth-order valence-corrected chi connectivity index (χ4v) is 3.02. The Bertz CT molecular complexity index is 1180. The fourth-order valence-electron chi connectivity index (χ4n) is 3.02. The molecular weight excluding hydrogens is 394 g/mol. The molecule has 3 aromatic heterocycles. The van der Waals surface area contributed by atoms with Gasteiger partial charge in [0.05, 0.1) is 26.7 Å². The molecule has 0 aliphatic heterocycles. The number of aliphatic imine (C=N–C) groups is 1. The van der Waals surface area contributed by atoms with Gasteiger partial charge < -0.3 is 19.9 Å². The minimum absolute atomic E-state index is 0.470. The van der Waals surface area contributed by atoms with Crippen LogP contribution in [0, 0.1) is 6.92 Å². The second-order valence-corrected chi connectivity index (χ2v) is 6.99. The molecule has 10 nitrogen and oxygen atoms in total. The normalized spacial score (nSPS) is 11.6. The molecule has 0 spiro atoms. The van der Waals surface area contributed by atoms with E-state index in [4.69, 9.17) is 9.73 Å². The lowest BCUT2D eigenvalue weighted by Crippen LogP contribution is -2.37. The number of hydrogen-bond acceptors (Lipinski definition) is 6. The summed E-state index contributed by atoms with van der Waals surface area (Å²) in [6.07, 6.45) is 1.94. The Morgan fingerprint density at radius 1 is 0.968 bits per heavy atom. The van der Waals surface area contributed by atoms with E-state index < -0.39 is 0 Å². The van der Waals surface area contributed by atoms with Gasteiger partial charge in [-0.15, -0.1) is 20.4 Å². The molecule has 0 radical (unpaired) electrons. The number of ether oxygens (including phenoxy) is 1. The number of aryl methyl sites for hydroxylation is 1. The van der Waals surface area contributed by atoms with Gasteiger partial charge in [0.15, 0.2) is 23.3 Å². The summed E-state index contributed by atoms with van der Waals surface area (Å²) in [5.41, 5.74) is 1.88. The van der Waals surface area contributed by atoms with Crippen LogP contribution in [0.4, 0.5) is 0 Å². The zero-order valence-corrected chi connectivity index (χ0v) is 17.8. The first-order chi connectivity index (χ1) is 15.1. The third-order valence-electron chi connectivity index (χ3n) is 4.97. The molecule has 31 heavy (non-hydrogen) atoms. The van der Waals surface area contributed by atoms with E-state index in [1.165, 1.54) is 0 Å². The quantitative estimate of drug-likeness (QED) is 0.346. The van der Waals surface area contributed by atoms with Crippen LogP contribution in [-0.2, 0) is 26.7 Å². The van der Waals surface area contributed by atoms with Crippen LogP contribution in [0.15, 0.2) is 53.7 Å². The van der Waals surface area contributed by atoms with Crippen LogP contribution in [0.2, 0.25) is 0 Å². The van der Waals surface area contributed by atoms with Gasteiger partial charge >= 0.3 is 0 Å². The Hall–Kier alpha value is -3.95. The molecule has 2 N–H and O–H groups in total. The zero-order chi connectivity index (χ0) is 21.6. The van der Waals surface area contributed by atoms with Gasteiger partial charge in [-0.3, -0.25) is 4.40 Å². The van der Waals surface area contributed by atoms with Gasteiger partial charge in [-0.2, -0.15) is 0 Å². The number of nitrogens with zero attached hydrogens (tertiary/aromatic N) is 7. The van der Waals surface area contributed by atoms with Crippen LogP contribution < -0.4 is 15.4 Å². The van der Waals surface area contributed by atoms with Crippen molar-refractivity contribution in [1.82, 2.24) is 40.0 Å². The van der Waals surface area contributed by atoms with E-state index in [9.17, 15) is 0 Å². The van der Waals surface area contributed by atoms with Crippen molar-refractivity contribution in [1.29, 1.82) is 0 Å². The van der Waals surface area contributed by atoms with Gasteiger partial charge in [-0.25, -0.2) is 4.99 Å². The minimum Gasteiger partial charge on any atom is -0.497 e. The molecule has 0 saturated carbocycles. The Morgan fingerprint density at radius 3 is 2.42 bits per heavy atom. The highest BCUT2D eigenvalue weighted by molar-refractivity contribution is 5.79. The predicted molar refractivity (Wildman–Crippen MR) is 117 cm³/mol. The standard InChI is InChI=1S/C21H25N9O/c1-15-25-27-19(29(15)2)13-23-21(22-12-16-7-9-17(31-3)10-8-16)24-14-20-28-26-18-6-4-5-11-30(18)20/h4-11H,12-14H2,1-3H3,(H2,22,23,24). The van der Waals surface area contributed by atoms with E-state index in [-0.39, 0.29) is 0 Å². The molecule has 0 atom stereocenters. The van der Waals surface area contributed by atoms with Gasteiger partial charge in [-0.05, 0) is 36.8 Å². The maximum Gasteiger partial charge on any atom is 0.192 e. The molecule has 0 unspecified atom stereocenters. The topological polar surface area (TPSA) is 107 Å². The molecule has 0 aliphatic rings. The molecule has 1 aromatic carbocycles. The summed E-state index contributed by atoms with van der Waals surface area (Å²) in [4.78, 5) is 4.72. The number of pyridine rings is 1. The van der Waals surface area contributed by atoms with Crippen LogP contribution in [0.1, 0.15) is 23.0 Å². The van der Waals surface area contributed by atoms with Crippen molar-refractivity contribution in [2.75, 3.05) is 7.11 Å². The van der Waals surface area contributed by atoms with E-state index >= 15 is 0 Å². The second-order valence-electron chi connectivity index (χ2n) is 6.99. The Labute approximate surface area is 180 Å². The average molecular weight is 419 g/mol. The predicted octanol–water partition coefficient (Wildman–Crippen LogP) is 1.61. The minimum atomic E-state index is 0.470. The van der Waals surface area contributed by atoms with E-state index in [1.807, 2.05) is 71.6 Å². The molecule has 160 valence electrons. The van der Waals surface area contributed by atoms with Crippen LogP contribution >= 0.6 is 0 Å². The van der Waals surface area contributed by atoms with Crippen molar-refractivity contribution in [3.05, 3.63) is 71.7 Å². The molecule has 0 amide bonds. The van der Waals surface area contributed by atoms with Crippen LogP contribution in [-0.4, -0.2) is 42.4 Å². The fraction of sp³-hybridized carbons (Fsp3) is 0.286. The zero-order valence-electron chi connectivity index (χ0n) is 17.8. The largest absolute Gasteiger partial charge is 0.497 e. The molecule has 4 rings (SSSR count). The van der Waals surface area contributed by atoms with Crippen LogP contribution in [0.5, 0.6) is 5.75 Å². The van der Waals surface area contributed by atoms with Gasteiger partial charge in [0.25, 0.3) is 0 Å². The van der Waals surface area contributed by atoms with Gasteiger partial charge in [0.2, 0.25) is 0 Å². The monoisotopic (exact) mass is 419 g/mol. The summed E-state index contributed by atoms with van der Waals surface area (Å²) in [7, 11) is 3.60. The lowest BCUT2D eigenvalue weighted by molar-refractivity contribution is 0.414. The summed E-state index contributed by atoms with van der Waals surface area (Å²) in [5, 5.41) is 23.4. The van der Waals surface area contributed by atoms with E-state index in [0.717, 1.165) is 34.4 Å². The second kappa shape index (κ2) is 9.24. The first-order valence-electron chi connectivity index (χ1n) is 9.92. The molecule has 3 heterocycles. The summed E-state index contributed by atoms with van der Waals surface area (Å²) < 4.78 is 9.11. The van der Waals surface area contributed by atoms with E-state index in [2.05, 4.69) is 31.0 Å². The van der Waals surface area contributed by atoms with E-state index in [0.29, 0.717) is 25.6 Å². The third-order valence-corrected chi connectivity index (χ3v) is 4.97. The van der Waals surface area contributed by atoms with Gasteiger partial charge in [0.1, 0.15) is 11.6 Å². The Morgan fingerprint density at radius 2 is 1.71 bits per heavy atom. The van der Waals surface area contributed by atoms with Gasteiger partial charge in [0, 0.05) is 13.2 Å². The highest BCUT2D eigenvalue weighted by atomic mass is 16.5. The summed E-state index contributed by atoms with van der Waals surface area (Å²) in [6.45, 7) is 3.39. The molecule has 0 aliphatic carbocycles. The highest BCUT2D eigenvalue weighted by Crippen LogP contribution is 2.12. The van der Waals surface area contributed by atoms with Gasteiger partial charge in [-0.1, -0.05) is 18.2 Å². The van der Waals surface area contributed by atoms with Crippen molar-refractivity contribution in [3.8, 4) is 5.75 Å². The van der Waals surface area contributed by atoms with Crippen molar-refractivity contribution in [3.63, 3.8) is 0 Å². The Balaban J connectivity index is 1.48. The van der Waals surface area contributed by atoms with Crippen molar-refractivity contribution >= 4 is 11.6 Å². The first kappa shape index (κ1) is 20.3. The molecular formula is C21H25N9O. The lowest BCUT2D eigenvalue weighted by Gasteiger charge is -2.12. The van der Waals surface area contributed by atoms with Crippen LogP contribution in [0.3, 0.4) is 0 Å². The van der Waals surface area contributed by atoms with Crippen molar-refractivity contribution in [2.45, 2.75) is 26.6 Å². The number of guanidine groups is 1. The molecule has 0 saturated heterocycles. The molecule has 10 heteroatoms. The lowest BCUT2D eigenvalue weighted by atomic mass is 10.2. The number of methoxy groups -OCH3 is 1. The first-order valence-corrected chi connectivity index (χ1v) is 9.92. The Kier molecular flexibility index (Phi) is 6.06. The number of nitrogens with one attached hydrogen (secondary N) is 2.